The quantitative estimate of drug-likeness (QED) is 0.125. The molecule has 2 aromatic heterocycles. The minimum absolute atomic E-state index is 0.678. The van der Waals surface area contributed by atoms with Gasteiger partial charge in [0.15, 0.2) is 0 Å². The van der Waals surface area contributed by atoms with Crippen molar-refractivity contribution < 1.29 is 0 Å². The van der Waals surface area contributed by atoms with Crippen molar-refractivity contribution in [3.05, 3.63) is 217 Å². The predicted molar refractivity (Wildman–Crippen MR) is 245 cm³/mol. The fraction of sp³-hybridized carbons (Fsp3) is 0.0182. The minimum Gasteiger partial charge on any atom is -0.396 e. The summed E-state index contributed by atoms with van der Waals surface area (Å²) in [5.74, 6) is 0. The van der Waals surface area contributed by atoms with Crippen molar-refractivity contribution >= 4 is 44.3 Å². The lowest BCUT2D eigenvalue weighted by Gasteiger charge is -2.15. The third-order valence-corrected chi connectivity index (χ3v) is 11.1. The Morgan fingerprint density at radius 3 is 1.86 bits per heavy atom. The molecule has 0 unspecified atom stereocenters. The maximum atomic E-state index is 7.07. The van der Waals surface area contributed by atoms with Crippen molar-refractivity contribution in [2.24, 2.45) is 0 Å². The number of fused-ring (bicyclic) bond motifs is 4. The van der Waals surface area contributed by atoms with Gasteiger partial charge >= 0.3 is 0 Å². The van der Waals surface area contributed by atoms with Crippen LogP contribution < -0.4 is 5.73 Å². The van der Waals surface area contributed by atoms with E-state index < -0.39 is 0 Å². The van der Waals surface area contributed by atoms with Gasteiger partial charge in [-0.1, -0.05) is 182 Å². The van der Waals surface area contributed by atoms with E-state index in [9.17, 15) is 0 Å². The number of allylic oxidation sites excluding steroid dienone is 1. The van der Waals surface area contributed by atoms with Gasteiger partial charge in [0.05, 0.1) is 28.1 Å². The van der Waals surface area contributed by atoms with Gasteiger partial charge < -0.3 is 5.73 Å². The van der Waals surface area contributed by atoms with Crippen LogP contribution in [0.2, 0.25) is 0 Å². The van der Waals surface area contributed by atoms with E-state index in [0.29, 0.717) is 5.69 Å². The van der Waals surface area contributed by atoms with Gasteiger partial charge in [0.2, 0.25) is 0 Å². The summed E-state index contributed by atoms with van der Waals surface area (Å²) in [5.41, 5.74) is 22.5. The Bertz CT molecular complexity index is 3120. The van der Waals surface area contributed by atoms with E-state index in [2.05, 4.69) is 188 Å². The van der Waals surface area contributed by atoms with E-state index in [1.165, 1.54) is 32.8 Å². The highest BCUT2D eigenvalue weighted by Crippen LogP contribution is 2.39. The van der Waals surface area contributed by atoms with Crippen molar-refractivity contribution in [2.45, 2.75) is 6.42 Å². The highest BCUT2D eigenvalue weighted by molar-refractivity contribution is 6.14. The summed E-state index contributed by atoms with van der Waals surface area (Å²) in [7, 11) is 0. The van der Waals surface area contributed by atoms with E-state index in [4.69, 9.17) is 15.7 Å². The van der Waals surface area contributed by atoms with Gasteiger partial charge in [-0.3, -0.25) is 0 Å². The van der Waals surface area contributed by atoms with Gasteiger partial charge in [0.25, 0.3) is 0 Å². The molecular formula is C55H39N3. The molecule has 10 aromatic rings. The van der Waals surface area contributed by atoms with Gasteiger partial charge in [0.1, 0.15) is 0 Å². The maximum absolute atomic E-state index is 7.07. The monoisotopic (exact) mass is 741 g/mol. The highest BCUT2D eigenvalue weighted by atomic mass is 14.7. The SMILES string of the molecule is Nc1c(/C=C\Cc2ccccc2)c(-c2ccc(-c3cccc(-c4cc(-c5ccccc5)c5c(ccc6ccccc65)n4)c3)cc2)cc2ccc(-c3ccccc3)nc12. The van der Waals surface area contributed by atoms with E-state index in [0.717, 1.165) is 73.2 Å². The van der Waals surface area contributed by atoms with Gasteiger partial charge in [-0.15, -0.1) is 0 Å². The molecule has 3 nitrogen and oxygen atoms in total. The second-order valence-corrected chi connectivity index (χ2v) is 14.7. The molecular weight excluding hydrogens is 703 g/mol. The van der Waals surface area contributed by atoms with E-state index in [-0.39, 0.29) is 0 Å². The molecule has 0 radical (unpaired) electrons. The third kappa shape index (κ3) is 6.69. The third-order valence-electron chi connectivity index (χ3n) is 11.1. The summed E-state index contributed by atoms with van der Waals surface area (Å²) < 4.78 is 0. The van der Waals surface area contributed by atoms with Crippen molar-refractivity contribution in [3.8, 4) is 55.9 Å². The molecule has 0 amide bonds. The average Bonchev–Trinajstić information content (AvgIpc) is 3.30. The van der Waals surface area contributed by atoms with E-state index >= 15 is 0 Å². The highest BCUT2D eigenvalue weighted by Gasteiger charge is 2.16. The van der Waals surface area contributed by atoms with Crippen LogP contribution in [0.15, 0.2) is 206 Å². The zero-order valence-corrected chi connectivity index (χ0v) is 31.9. The van der Waals surface area contributed by atoms with Gasteiger partial charge in [-0.05, 0) is 86.5 Å². The van der Waals surface area contributed by atoms with Gasteiger partial charge in [-0.2, -0.15) is 0 Å². The molecule has 0 aliphatic heterocycles. The Labute approximate surface area is 338 Å². The number of nitrogen functional groups attached to an aromatic ring is 1. The molecule has 58 heavy (non-hydrogen) atoms. The van der Waals surface area contributed by atoms with E-state index in [1.807, 2.05) is 24.3 Å². The number of hydrogen-bond donors (Lipinski definition) is 1. The minimum atomic E-state index is 0.678. The zero-order valence-electron chi connectivity index (χ0n) is 31.9. The second-order valence-electron chi connectivity index (χ2n) is 14.7. The summed E-state index contributed by atoms with van der Waals surface area (Å²) in [6.07, 6.45) is 5.16. The molecule has 3 heteroatoms. The summed E-state index contributed by atoms with van der Waals surface area (Å²) in [6, 6.07) is 70.5. The summed E-state index contributed by atoms with van der Waals surface area (Å²) in [5, 5.41) is 4.61. The van der Waals surface area contributed by atoms with Crippen LogP contribution >= 0.6 is 0 Å². The number of hydrogen-bond acceptors (Lipinski definition) is 3. The van der Waals surface area contributed by atoms with Crippen LogP contribution in [0.25, 0.3) is 94.5 Å². The molecule has 0 aliphatic rings. The number of nitrogens with zero attached hydrogens (tertiary/aromatic N) is 2. The smallest absolute Gasteiger partial charge is 0.0945 e. The number of anilines is 1. The summed E-state index contributed by atoms with van der Waals surface area (Å²) in [6.45, 7) is 0. The fourth-order valence-electron chi connectivity index (χ4n) is 8.12. The Hall–Kier alpha value is -7.62. The lowest BCUT2D eigenvalue weighted by molar-refractivity contribution is 1.28. The normalized spacial score (nSPS) is 11.5. The molecule has 8 aromatic carbocycles. The Morgan fingerprint density at radius 1 is 0.431 bits per heavy atom. The first-order chi connectivity index (χ1) is 28.7. The first-order valence-electron chi connectivity index (χ1n) is 19.7. The molecule has 0 atom stereocenters. The van der Waals surface area contributed by atoms with Crippen LogP contribution in [0.3, 0.4) is 0 Å². The van der Waals surface area contributed by atoms with Crippen molar-refractivity contribution in [1.29, 1.82) is 0 Å². The number of nitrogens with two attached hydrogens (primary N) is 1. The molecule has 0 saturated carbocycles. The molecule has 0 fully saturated rings. The molecule has 0 aliphatic carbocycles. The van der Waals surface area contributed by atoms with Gasteiger partial charge in [0, 0.05) is 27.5 Å². The van der Waals surface area contributed by atoms with Crippen LogP contribution in [0.1, 0.15) is 11.1 Å². The fourth-order valence-corrected chi connectivity index (χ4v) is 8.12. The lowest BCUT2D eigenvalue weighted by Crippen LogP contribution is -1.98. The topological polar surface area (TPSA) is 51.8 Å². The van der Waals surface area contributed by atoms with E-state index in [1.54, 1.807) is 0 Å². The largest absolute Gasteiger partial charge is 0.396 e. The second kappa shape index (κ2) is 15.1. The van der Waals surface area contributed by atoms with Crippen molar-refractivity contribution in [2.75, 3.05) is 5.73 Å². The lowest BCUT2D eigenvalue weighted by atomic mass is 9.92. The zero-order chi connectivity index (χ0) is 38.8. The first-order valence-corrected chi connectivity index (χ1v) is 19.7. The molecule has 0 bridgehead atoms. The summed E-state index contributed by atoms with van der Waals surface area (Å²) >= 11 is 0. The standard InChI is InChI=1S/C55H39N3/c56-54-47(25-12-16-37-14-4-1-5-15-37)48(35-45-31-32-50(58-55(45)54)42-20-8-3-9-21-42)41-28-26-38(27-29-41)43-22-13-23-44(34-43)52-36-49(39-17-6-2-7-18-39)53-46-24-11-10-19-40(46)30-33-51(53)57-52/h1-15,17-36H,16,56H2/b25-12-. The molecule has 274 valence electrons. The molecule has 0 saturated heterocycles. The van der Waals surface area contributed by atoms with Gasteiger partial charge in [-0.25, -0.2) is 9.97 Å². The number of pyridine rings is 2. The Kier molecular flexibility index (Phi) is 9.09. The number of rotatable bonds is 8. The molecule has 0 spiro atoms. The average molecular weight is 742 g/mol. The molecule has 10 rings (SSSR count). The Morgan fingerprint density at radius 2 is 1.07 bits per heavy atom. The summed E-state index contributed by atoms with van der Waals surface area (Å²) in [4.78, 5) is 10.3. The van der Waals surface area contributed by atoms with Crippen molar-refractivity contribution in [3.63, 3.8) is 0 Å². The van der Waals surface area contributed by atoms with Crippen LogP contribution in [0.4, 0.5) is 5.69 Å². The first kappa shape index (κ1) is 34.8. The van der Waals surface area contributed by atoms with Crippen LogP contribution in [-0.4, -0.2) is 9.97 Å². The van der Waals surface area contributed by atoms with Crippen LogP contribution in [-0.2, 0) is 6.42 Å². The Balaban J connectivity index is 1.03. The van der Waals surface area contributed by atoms with Crippen LogP contribution in [0, 0.1) is 0 Å². The maximum Gasteiger partial charge on any atom is 0.0945 e. The van der Waals surface area contributed by atoms with Crippen LogP contribution in [0.5, 0.6) is 0 Å². The number of benzene rings is 8. The van der Waals surface area contributed by atoms with Crippen molar-refractivity contribution in [1.82, 2.24) is 9.97 Å². The molecule has 2 N–H and O–H groups in total. The molecule has 2 heterocycles. The predicted octanol–water partition coefficient (Wildman–Crippen LogP) is 14.1. The number of aromatic nitrogens is 2.